The molecule has 0 spiro atoms. The van der Waals surface area contributed by atoms with E-state index >= 15 is 0 Å². The minimum absolute atomic E-state index is 0.0161. The van der Waals surface area contributed by atoms with Crippen LogP contribution in [0.4, 0.5) is 28.4 Å². The molecule has 0 unspecified atom stereocenters. The molecule has 2 aliphatic heterocycles. The Hall–Kier alpha value is -7.70. The van der Waals surface area contributed by atoms with Crippen LogP contribution in [0, 0.1) is 27.7 Å². The van der Waals surface area contributed by atoms with Crippen LogP contribution >= 0.6 is 0 Å². The highest BCUT2D eigenvalue weighted by Crippen LogP contribution is 2.50. The molecule has 0 bridgehead atoms. The third kappa shape index (κ3) is 6.46. The van der Waals surface area contributed by atoms with Crippen molar-refractivity contribution in [3.8, 4) is 45.3 Å². The summed E-state index contributed by atoms with van der Waals surface area (Å²) in [5.41, 5.74) is 19.7. The van der Waals surface area contributed by atoms with E-state index in [-0.39, 0.29) is 5.41 Å². The molecule has 0 saturated carbocycles. The lowest BCUT2D eigenvalue weighted by Gasteiger charge is -2.37. The van der Waals surface area contributed by atoms with Gasteiger partial charge in [0.15, 0.2) is 35.9 Å². The van der Waals surface area contributed by atoms with Crippen molar-refractivity contribution in [1.82, 2.24) is 0 Å². The molecule has 9 aromatic carbocycles. The fourth-order valence-corrected chi connectivity index (χ4v) is 10.4. The number of para-hydroxylation sites is 4. The van der Waals surface area contributed by atoms with Gasteiger partial charge >= 0.3 is 0 Å². The number of fused-ring (bicyclic) bond motifs is 8. The molecule has 5 nitrogen and oxygen atoms in total. The largest absolute Gasteiger partial charge is 0.454 e. The van der Waals surface area contributed by atoms with Crippen molar-refractivity contribution in [3.63, 3.8) is 0 Å². The quantitative estimate of drug-likeness (QED) is 0.175. The highest BCUT2D eigenvalue weighted by molar-refractivity contribution is 6.73. The van der Waals surface area contributed by atoms with Crippen LogP contribution in [-0.4, -0.2) is 7.28 Å². The van der Waals surface area contributed by atoms with Crippen LogP contribution in [0.5, 0.6) is 23.0 Å². The second-order valence-electron chi connectivity index (χ2n) is 19.1. The second-order valence-corrected chi connectivity index (χ2v) is 19.1. The lowest BCUT2D eigenvalue weighted by molar-refractivity contribution is 0.360. The first-order chi connectivity index (χ1) is 32.0. The van der Waals surface area contributed by atoms with Gasteiger partial charge in [0.05, 0.1) is 5.69 Å². The van der Waals surface area contributed by atoms with E-state index < -0.39 is 0 Å². The molecule has 0 atom stereocenters. The van der Waals surface area contributed by atoms with E-state index in [4.69, 9.17) is 13.9 Å². The van der Waals surface area contributed by atoms with Gasteiger partial charge in [0, 0.05) is 45.2 Å². The van der Waals surface area contributed by atoms with E-state index in [2.05, 4.69) is 187 Å². The minimum Gasteiger partial charge on any atom is -0.454 e. The number of hydrogen-bond donors (Lipinski definition) is 1. The van der Waals surface area contributed by atoms with Crippen molar-refractivity contribution in [2.45, 2.75) is 53.9 Å². The molecule has 0 amide bonds. The summed E-state index contributed by atoms with van der Waals surface area (Å²) in [5.74, 6) is 2.76. The lowest BCUT2D eigenvalue weighted by atomic mass is 9.57. The summed E-state index contributed by atoms with van der Waals surface area (Å²) < 4.78 is 19.8. The summed E-state index contributed by atoms with van der Waals surface area (Å²) in [4.78, 5) is 2.45. The fourth-order valence-electron chi connectivity index (χ4n) is 10.4. The molecule has 319 valence electrons. The van der Waals surface area contributed by atoms with Crippen LogP contribution in [0.1, 0.15) is 48.6 Å². The molecule has 1 radical (unpaired) electrons. The predicted octanol–water partition coefficient (Wildman–Crippen LogP) is 15.7. The van der Waals surface area contributed by atoms with Gasteiger partial charge in [-0.05, 0) is 143 Å². The highest BCUT2D eigenvalue weighted by Gasteiger charge is 2.34. The van der Waals surface area contributed by atoms with Crippen LogP contribution in [0.25, 0.3) is 55.0 Å². The van der Waals surface area contributed by atoms with Gasteiger partial charge in [0.25, 0.3) is 0 Å². The number of ether oxygens (including phenoxy) is 2. The Balaban J connectivity index is 1.16. The molecule has 10 aromatic rings. The third-order valence-corrected chi connectivity index (χ3v) is 13.5. The Morgan fingerprint density at radius 3 is 1.97 bits per heavy atom. The van der Waals surface area contributed by atoms with Crippen LogP contribution in [-0.2, 0) is 5.41 Å². The number of aryl methyl sites for hydroxylation is 4. The van der Waals surface area contributed by atoms with Crippen molar-refractivity contribution < 1.29 is 13.9 Å². The maximum Gasteiger partial charge on any atom is 0.198 e. The van der Waals surface area contributed by atoms with Crippen molar-refractivity contribution >= 4 is 79.4 Å². The molecule has 66 heavy (non-hydrogen) atoms. The minimum atomic E-state index is -0.0161. The molecule has 1 N–H and O–H groups in total. The van der Waals surface area contributed by atoms with E-state index in [1.807, 2.05) is 36.4 Å². The van der Waals surface area contributed by atoms with Crippen molar-refractivity contribution in [3.05, 3.63) is 186 Å². The van der Waals surface area contributed by atoms with Crippen molar-refractivity contribution in [1.29, 1.82) is 0 Å². The summed E-state index contributed by atoms with van der Waals surface area (Å²) >= 11 is 0. The molecular formula is C60H48BN2O3. The van der Waals surface area contributed by atoms with Gasteiger partial charge in [-0.25, -0.2) is 0 Å². The first kappa shape index (κ1) is 39.9. The smallest absolute Gasteiger partial charge is 0.198 e. The van der Waals surface area contributed by atoms with Crippen LogP contribution < -0.4 is 30.6 Å². The number of furan rings is 1. The molecule has 0 saturated heterocycles. The van der Waals surface area contributed by atoms with E-state index in [1.165, 1.54) is 33.4 Å². The van der Waals surface area contributed by atoms with E-state index in [9.17, 15) is 0 Å². The number of benzene rings is 9. The third-order valence-electron chi connectivity index (χ3n) is 13.5. The van der Waals surface area contributed by atoms with Crippen LogP contribution in [0.2, 0.25) is 0 Å². The fraction of sp³-hybridized carbons (Fsp3) is 0.133. The molecule has 0 aliphatic carbocycles. The molecule has 0 fully saturated rings. The molecular weight excluding hydrogens is 807 g/mol. The van der Waals surface area contributed by atoms with Crippen LogP contribution in [0.15, 0.2) is 162 Å². The normalized spacial score (nSPS) is 12.8. The number of anilines is 5. The molecule has 1 aromatic heterocycles. The zero-order valence-corrected chi connectivity index (χ0v) is 38.3. The monoisotopic (exact) mass is 855 g/mol. The number of hydrogen-bond acceptors (Lipinski definition) is 5. The maximum absolute atomic E-state index is 6.63. The SMILES string of the molecule is Cc1cc(C)c(-c2cc(-c3c(Nc4cccc5c4oc4ccccc45)ccc4ccccc34)c3c(c2)N(c2ccc(C(C)(C)C)cc2C)c2cc4c(cc2[B]3)Oc2ccccc2O4)c(C)c1. The van der Waals surface area contributed by atoms with E-state index in [1.54, 1.807) is 0 Å². The van der Waals surface area contributed by atoms with Gasteiger partial charge in [0.1, 0.15) is 5.58 Å². The van der Waals surface area contributed by atoms with Gasteiger partial charge in [-0.1, -0.05) is 129 Å². The second kappa shape index (κ2) is 14.9. The lowest BCUT2D eigenvalue weighted by Crippen LogP contribution is -2.41. The predicted molar refractivity (Wildman–Crippen MR) is 276 cm³/mol. The number of rotatable bonds is 5. The van der Waals surface area contributed by atoms with Gasteiger partial charge in [0.2, 0.25) is 0 Å². The Morgan fingerprint density at radius 1 is 0.515 bits per heavy atom. The number of nitrogens with one attached hydrogen (secondary N) is 1. The van der Waals surface area contributed by atoms with E-state index in [0.717, 1.165) is 88.8 Å². The summed E-state index contributed by atoms with van der Waals surface area (Å²) in [7, 11) is 2.35. The topological polar surface area (TPSA) is 46.9 Å². The highest BCUT2D eigenvalue weighted by atomic mass is 16.6. The maximum atomic E-state index is 6.63. The average molecular weight is 856 g/mol. The Bertz CT molecular complexity index is 3630. The summed E-state index contributed by atoms with van der Waals surface area (Å²) in [6.45, 7) is 15.7. The first-order valence-corrected chi connectivity index (χ1v) is 22.8. The van der Waals surface area contributed by atoms with Gasteiger partial charge < -0.3 is 24.1 Å². The molecule has 3 heterocycles. The van der Waals surface area contributed by atoms with E-state index in [0.29, 0.717) is 23.0 Å². The Labute approximate surface area is 386 Å². The summed E-state index contributed by atoms with van der Waals surface area (Å²) in [6, 6.07) is 56.4. The van der Waals surface area contributed by atoms with Gasteiger partial charge in [-0.2, -0.15) is 0 Å². The Morgan fingerprint density at radius 2 is 1.21 bits per heavy atom. The summed E-state index contributed by atoms with van der Waals surface area (Å²) in [6.07, 6.45) is 0. The van der Waals surface area contributed by atoms with Crippen LogP contribution in [0.3, 0.4) is 0 Å². The zero-order chi connectivity index (χ0) is 45.0. The van der Waals surface area contributed by atoms with Gasteiger partial charge in [-0.15, -0.1) is 0 Å². The van der Waals surface area contributed by atoms with Crippen molar-refractivity contribution in [2.24, 2.45) is 0 Å². The average Bonchev–Trinajstić information content (AvgIpc) is 3.69. The molecule has 12 rings (SSSR count). The standard InChI is InChI=1S/C60H48BN2O3/c1-34-27-36(3)56(37(4)28-34)39-30-44(57-41-16-9-8-15-38(41)23-25-46(57)62-47-19-14-18-43-42-17-10-11-20-51(42)66-59(43)47)58-50(31-39)63(48-26-24-40(29-35(48)2)60(5,6)7)49-33-55-54(32-45(49)61-58)64-52-21-12-13-22-53(52)65-55/h8-33,62H,1-7H3. The number of nitrogens with zero attached hydrogens (tertiary/aromatic N) is 1. The molecule has 2 aliphatic rings. The Kier molecular flexibility index (Phi) is 9.02. The van der Waals surface area contributed by atoms with Gasteiger partial charge in [-0.3, -0.25) is 0 Å². The summed E-state index contributed by atoms with van der Waals surface area (Å²) in [5, 5.41) is 8.42. The first-order valence-electron chi connectivity index (χ1n) is 22.8. The zero-order valence-electron chi connectivity index (χ0n) is 38.3. The molecule has 6 heteroatoms. The van der Waals surface area contributed by atoms with Crippen molar-refractivity contribution in [2.75, 3.05) is 10.2 Å².